The Labute approximate surface area is 178 Å². The summed E-state index contributed by atoms with van der Waals surface area (Å²) in [5.74, 6) is 0.650. The number of piperidine rings is 2. The van der Waals surface area contributed by atoms with Crippen LogP contribution in [0.3, 0.4) is 0 Å². The normalized spacial score (nSPS) is 25.3. The van der Waals surface area contributed by atoms with Crippen LogP contribution in [0.5, 0.6) is 5.75 Å². The monoisotopic (exact) mass is 416 g/mol. The molecule has 2 fully saturated rings. The molecule has 2 saturated heterocycles. The van der Waals surface area contributed by atoms with Gasteiger partial charge in [-0.3, -0.25) is 0 Å². The lowest BCUT2D eigenvalue weighted by Crippen LogP contribution is -2.62. The average Bonchev–Trinajstić information content (AvgIpc) is 2.66. The molecule has 164 valence electrons. The number of fused-ring (bicyclic) bond motifs is 2. The van der Waals surface area contributed by atoms with Gasteiger partial charge in [-0.15, -0.1) is 0 Å². The van der Waals surface area contributed by atoms with E-state index in [4.69, 9.17) is 20.5 Å². The minimum absolute atomic E-state index is 0.0170. The van der Waals surface area contributed by atoms with Crippen molar-refractivity contribution in [2.45, 2.75) is 38.5 Å². The van der Waals surface area contributed by atoms with Crippen LogP contribution in [0.1, 0.15) is 26.3 Å². The van der Waals surface area contributed by atoms with Crippen molar-refractivity contribution in [1.82, 2.24) is 9.80 Å². The standard InChI is InChI=1S/C22H32N4O4/c1-22(2,3)30-21(28)26-11-16-9-25(10-17(12-26)20(16)27)13-18(24)14-29-19-6-4-15(8-23)5-7-19/h4-7,16-18,20,27H,9-14,24H2,1-3H3. The highest BCUT2D eigenvalue weighted by molar-refractivity contribution is 5.68. The lowest BCUT2D eigenvalue weighted by atomic mass is 9.81. The molecule has 1 aromatic carbocycles. The van der Waals surface area contributed by atoms with Gasteiger partial charge in [0.15, 0.2) is 0 Å². The van der Waals surface area contributed by atoms with Gasteiger partial charge >= 0.3 is 6.09 Å². The summed E-state index contributed by atoms with van der Waals surface area (Å²) in [6, 6.07) is 8.85. The van der Waals surface area contributed by atoms with Gasteiger partial charge in [0.25, 0.3) is 0 Å². The zero-order valence-electron chi connectivity index (χ0n) is 18.0. The van der Waals surface area contributed by atoms with E-state index in [-0.39, 0.29) is 24.0 Å². The summed E-state index contributed by atoms with van der Waals surface area (Å²) in [6.07, 6.45) is -0.726. The second-order valence-corrected chi connectivity index (χ2v) is 9.32. The number of benzene rings is 1. The number of ether oxygens (including phenoxy) is 2. The molecule has 30 heavy (non-hydrogen) atoms. The molecule has 0 aliphatic carbocycles. The Kier molecular flexibility index (Phi) is 6.86. The van der Waals surface area contributed by atoms with Crippen molar-refractivity contribution in [1.29, 1.82) is 5.26 Å². The minimum Gasteiger partial charge on any atom is -0.492 e. The van der Waals surface area contributed by atoms with Crippen LogP contribution in [0, 0.1) is 23.2 Å². The van der Waals surface area contributed by atoms with Crippen molar-refractivity contribution in [2.24, 2.45) is 17.6 Å². The third-order valence-corrected chi connectivity index (χ3v) is 5.45. The first-order chi connectivity index (χ1) is 14.1. The predicted molar refractivity (Wildman–Crippen MR) is 112 cm³/mol. The summed E-state index contributed by atoms with van der Waals surface area (Å²) in [6.45, 7) is 8.92. The van der Waals surface area contributed by atoms with Crippen LogP contribution in [0.25, 0.3) is 0 Å². The van der Waals surface area contributed by atoms with E-state index >= 15 is 0 Å². The number of hydrogen-bond acceptors (Lipinski definition) is 7. The Morgan fingerprint density at radius 3 is 2.37 bits per heavy atom. The number of carbonyl (C=O) groups is 1. The molecule has 3 atom stereocenters. The molecule has 2 bridgehead atoms. The first-order valence-corrected chi connectivity index (χ1v) is 10.4. The van der Waals surface area contributed by atoms with E-state index in [0.29, 0.717) is 50.6 Å². The van der Waals surface area contributed by atoms with Crippen LogP contribution >= 0.6 is 0 Å². The van der Waals surface area contributed by atoms with Crippen LogP contribution in [-0.4, -0.2) is 78.1 Å². The van der Waals surface area contributed by atoms with Gasteiger partial charge in [0.05, 0.1) is 23.8 Å². The Morgan fingerprint density at radius 1 is 1.23 bits per heavy atom. The van der Waals surface area contributed by atoms with Gasteiger partial charge in [-0.2, -0.15) is 5.26 Å². The summed E-state index contributed by atoms with van der Waals surface area (Å²) in [4.78, 5) is 16.4. The van der Waals surface area contributed by atoms with Gasteiger partial charge in [0, 0.05) is 44.6 Å². The smallest absolute Gasteiger partial charge is 0.410 e. The number of nitrogens with zero attached hydrogens (tertiary/aromatic N) is 3. The van der Waals surface area contributed by atoms with Gasteiger partial charge in [-0.25, -0.2) is 4.79 Å². The van der Waals surface area contributed by atoms with Gasteiger partial charge in [-0.1, -0.05) is 0 Å². The predicted octanol–water partition coefficient (Wildman–Crippen LogP) is 1.42. The van der Waals surface area contributed by atoms with Crippen molar-refractivity contribution in [2.75, 3.05) is 39.3 Å². The van der Waals surface area contributed by atoms with Crippen molar-refractivity contribution in [3.8, 4) is 11.8 Å². The van der Waals surface area contributed by atoms with Crippen molar-refractivity contribution >= 4 is 6.09 Å². The molecule has 8 heteroatoms. The van der Waals surface area contributed by atoms with E-state index in [1.165, 1.54) is 0 Å². The number of likely N-dealkylation sites (tertiary alicyclic amines) is 2. The number of nitrogens with two attached hydrogens (primary N) is 1. The van der Waals surface area contributed by atoms with Gasteiger partial charge in [0.2, 0.25) is 0 Å². The van der Waals surface area contributed by atoms with Crippen molar-refractivity contribution in [3.63, 3.8) is 0 Å². The highest BCUT2D eigenvalue weighted by atomic mass is 16.6. The first-order valence-electron chi connectivity index (χ1n) is 10.4. The lowest BCUT2D eigenvalue weighted by Gasteiger charge is -2.49. The zero-order valence-corrected chi connectivity index (χ0v) is 18.0. The van der Waals surface area contributed by atoms with Crippen LogP contribution in [0.2, 0.25) is 0 Å². The number of hydrogen-bond donors (Lipinski definition) is 2. The maximum atomic E-state index is 12.4. The lowest BCUT2D eigenvalue weighted by molar-refractivity contribution is -0.0811. The molecule has 3 rings (SSSR count). The summed E-state index contributed by atoms with van der Waals surface area (Å²) in [5, 5.41) is 19.4. The average molecular weight is 417 g/mol. The molecule has 1 amide bonds. The number of carbonyl (C=O) groups excluding carboxylic acids is 1. The van der Waals surface area contributed by atoms with Gasteiger partial charge < -0.3 is 30.1 Å². The third-order valence-electron chi connectivity index (χ3n) is 5.45. The molecule has 2 aliphatic rings. The Morgan fingerprint density at radius 2 is 1.83 bits per heavy atom. The number of amides is 1. The Balaban J connectivity index is 1.49. The number of aliphatic hydroxyl groups is 1. The second-order valence-electron chi connectivity index (χ2n) is 9.32. The van der Waals surface area contributed by atoms with Crippen molar-refractivity contribution in [3.05, 3.63) is 29.8 Å². The maximum Gasteiger partial charge on any atom is 0.410 e. The summed E-state index contributed by atoms with van der Waals surface area (Å²) < 4.78 is 11.2. The van der Waals surface area contributed by atoms with E-state index < -0.39 is 11.7 Å². The Hall–Kier alpha value is -2.34. The molecule has 0 aromatic heterocycles. The van der Waals surface area contributed by atoms with Gasteiger partial charge in [-0.05, 0) is 45.0 Å². The fraction of sp³-hybridized carbons (Fsp3) is 0.636. The van der Waals surface area contributed by atoms with Crippen LogP contribution in [0.4, 0.5) is 4.79 Å². The maximum absolute atomic E-state index is 12.4. The van der Waals surface area contributed by atoms with Crippen molar-refractivity contribution < 1.29 is 19.4 Å². The molecule has 2 heterocycles. The SMILES string of the molecule is CC(C)(C)OC(=O)N1CC2CN(CC(N)COc3ccc(C#N)cc3)CC(C1)C2O. The Bertz CT molecular complexity index is 755. The van der Waals surface area contributed by atoms with Crippen LogP contribution in [0.15, 0.2) is 24.3 Å². The highest BCUT2D eigenvalue weighted by Gasteiger charge is 2.43. The molecule has 3 N–H and O–H groups in total. The summed E-state index contributed by atoms with van der Waals surface area (Å²) in [5.41, 5.74) is 6.33. The highest BCUT2D eigenvalue weighted by Crippen LogP contribution is 2.30. The largest absolute Gasteiger partial charge is 0.492 e. The van der Waals surface area contributed by atoms with E-state index in [0.717, 1.165) is 0 Å². The molecular weight excluding hydrogens is 384 g/mol. The molecule has 1 aromatic rings. The quantitative estimate of drug-likeness (QED) is 0.747. The molecule has 0 radical (unpaired) electrons. The van der Waals surface area contributed by atoms with Gasteiger partial charge in [0.1, 0.15) is 18.0 Å². The summed E-state index contributed by atoms with van der Waals surface area (Å²) >= 11 is 0. The molecule has 0 saturated carbocycles. The van der Waals surface area contributed by atoms with E-state index in [1.54, 1.807) is 29.2 Å². The first kappa shape index (κ1) is 22.3. The number of rotatable bonds is 5. The number of nitriles is 1. The van der Waals surface area contributed by atoms with Crippen LogP contribution < -0.4 is 10.5 Å². The van der Waals surface area contributed by atoms with E-state index in [1.807, 2.05) is 20.8 Å². The van der Waals surface area contributed by atoms with E-state index in [9.17, 15) is 9.90 Å². The molecule has 0 spiro atoms. The number of aliphatic hydroxyl groups excluding tert-OH is 1. The zero-order chi connectivity index (χ0) is 21.9. The fourth-order valence-electron chi connectivity index (χ4n) is 4.15. The van der Waals surface area contributed by atoms with E-state index in [2.05, 4.69) is 11.0 Å². The topological polar surface area (TPSA) is 112 Å². The molecule has 3 unspecified atom stereocenters. The third kappa shape index (κ3) is 5.85. The molecular formula is C22H32N4O4. The second kappa shape index (κ2) is 9.21. The van der Waals surface area contributed by atoms with Crippen LogP contribution in [-0.2, 0) is 4.74 Å². The molecule has 2 aliphatic heterocycles. The molecule has 8 nitrogen and oxygen atoms in total. The summed E-state index contributed by atoms with van der Waals surface area (Å²) in [7, 11) is 0. The minimum atomic E-state index is -0.532. The fourth-order valence-corrected chi connectivity index (χ4v) is 4.15.